The molecule has 1 unspecified atom stereocenters. The smallest absolute Gasteiger partial charge is 0.225 e. The molecular weight excluding hydrogens is 224 g/mol. The molecule has 0 aliphatic carbocycles. The topological polar surface area (TPSA) is 55.0 Å². The molecule has 0 aromatic carbocycles. The third-order valence-corrected chi connectivity index (χ3v) is 3.86. The maximum Gasteiger partial charge on any atom is 0.225 e. The van der Waals surface area contributed by atoms with Crippen molar-refractivity contribution in [1.29, 1.82) is 0 Å². The van der Waals surface area contributed by atoms with Gasteiger partial charge in [0.1, 0.15) is 0 Å². The SMILES string of the molecule is CCC(N)Cc1cnc(N2CCCC2(C)C)nc1. The van der Waals surface area contributed by atoms with Crippen LogP contribution < -0.4 is 10.6 Å². The van der Waals surface area contributed by atoms with Gasteiger partial charge in [-0.25, -0.2) is 9.97 Å². The lowest BCUT2D eigenvalue weighted by molar-refractivity contribution is 0.509. The molecule has 4 heteroatoms. The molecule has 1 aromatic heterocycles. The number of rotatable bonds is 4. The van der Waals surface area contributed by atoms with E-state index in [1.165, 1.54) is 12.8 Å². The van der Waals surface area contributed by atoms with E-state index in [1.807, 2.05) is 12.4 Å². The lowest BCUT2D eigenvalue weighted by atomic mass is 10.0. The van der Waals surface area contributed by atoms with Crippen molar-refractivity contribution in [2.75, 3.05) is 11.4 Å². The van der Waals surface area contributed by atoms with E-state index in [2.05, 4.69) is 35.6 Å². The van der Waals surface area contributed by atoms with Gasteiger partial charge in [-0.05, 0) is 45.1 Å². The number of hydrogen-bond donors (Lipinski definition) is 1. The van der Waals surface area contributed by atoms with Crippen LogP contribution in [-0.4, -0.2) is 28.1 Å². The summed E-state index contributed by atoms with van der Waals surface area (Å²) in [5.41, 5.74) is 7.25. The first-order valence-corrected chi connectivity index (χ1v) is 6.87. The van der Waals surface area contributed by atoms with E-state index >= 15 is 0 Å². The van der Waals surface area contributed by atoms with E-state index in [-0.39, 0.29) is 11.6 Å². The van der Waals surface area contributed by atoms with Crippen LogP contribution in [0.1, 0.15) is 45.6 Å². The minimum Gasteiger partial charge on any atom is -0.336 e. The monoisotopic (exact) mass is 248 g/mol. The Labute approximate surface area is 110 Å². The van der Waals surface area contributed by atoms with Crippen LogP contribution in [-0.2, 0) is 6.42 Å². The molecule has 1 aliphatic heterocycles. The molecule has 1 aromatic rings. The molecule has 0 spiro atoms. The first kappa shape index (κ1) is 13.3. The second-order valence-corrected chi connectivity index (χ2v) is 5.83. The van der Waals surface area contributed by atoms with Gasteiger partial charge in [0.2, 0.25) is 5.95 Å². The second-order valence-electron chi connectivity index (χ2n) is 5.83. The van der Waals surface area contributed by atoms with Crippen LogP contribution in [0.25, 0.3) is 0 Å². The zero-order valence-electron chi connectivity index (χ0n) is 11.7. The van der Waals surface area contributed by atoms with Gasteiger partial charge in [-0.1, -0.05) is 6.92 Å². The van der Waals surface area contributed by atoms with Crippen LogP contribution in [0.15, 0.2) is 12.4 Å². The van der Waals surface area contributed by atoms with E-state index in [1.54, 1.807) is 0 Å². The summed E-state index contributed by atoms with van der Waals surface area (Å²) in [4.78, 5) is 11.3. The normalized spacial score (nSPS) is 20.1. The molecule has 0 saturated carbocycles. The van der Waals surface area contributed by atoms with Crippen LogP contribution in [0.2, 0.25) is 0 Å². The van der Waals surface area contributed by atoms with E-state index < -0.39 is 0 Å². The van der Waals surface area contributed by atoms with Crippen molar-refractivity contribution in [1.82, 2.24) is 9.97 Å². The molecule has 0 amide bonds. The fourth-order valence-corrected chi connectivity index (χ4v) is 2.52. The first-order valence-electron chi connectivity index (χ1n) is 6.87. The van der Waals surface area contributed by atoms with Gasteiger partial charge >= 0.3 is 0 Å². The van der Waals surface area contributed by atoms with Gasteiger partial charge in [-0.15, -0.1) is 0 Å². The van der Waals surface area contributed by atoms with E-state index in [9.17, 15) is 0 Å². The third-order valence-electron chi connectivity index (χ3n) is 3.86. The van der Waals surface area contributed by atoms with E-state index in [4.69, 9.17) is 5.73 Å². The maximum absolute atomic E-state index is 5.94. The highest BCUT2D eigenvalue weighted by molar-refractivity contribution is 5.36. The van der Waals surface area contributed by atoms with Gasteiger partial charge in [0, 0.05) is 30.5 Å². The molecule has 2 N–H and O–H groups in total. The number of anilines is 1. The number of nitrogens with zero attached hydrogens (tertiary/aromatic N) is 3. The van der Waals surface area contributed by atoms with Crippen molar-refractivity contribution in [3.8, 4) is 0 Å². The lowest BCUT2D eigenvalue weighted by Crippen LogP contribution is -2.39. The maximum atomic E-state index is 5.94. The molecule has 100 valence electrons. The summed E-state index contributed by atoms with van der Waals surface area (Å²) >= 11 is 0. The Morgan fingerprint density at radius 3 is 2.56 bits per heavy atom. The molecule has 4 nitrogen and oxygen atoms in total. The highest BCUT2D eigenvalue weighted by Crippen LogP contribution is 2.31. The highest BCUT2D eigenvalue weighted by Gasteiger charge is 2.33. The van der Waals surface area contributed by atoms with Crippen molar-refractivity contribution < 1.29 is 0 Å². The molecule has 2 heterocycles. The van der Waals surface area contributed by atoms with Gasteiger partial charge in [0.15, 0.2) is 0 Å². The van der Waals surface area contributed by atoms with Crippen molar-refractivity contribution >= 4 is 5.95 Å². The molecule has 2 rings (SSSR count). The second kappa shape index (κ2) is 5.22. The predicted molar refractivity (Wildman–Crippen MR) is 74.7 cm³/mol. The van der Waals surface area contributed by atoms with Crippen LogP contribution >= 0.6 is 0 Å². The summed E-state index contributed by atoms with van der Waals surface area (Å²) in [5, 5.41) is 0. The Morgan fingerprint density at radius 1 is 1.39 bits per heavy atom. The van der Waals surface area contributed by atoms with Crippen molar-refractivity contribution in [3.05, 3.63) is 18.0 Å². The average molecular weight is 248 g/mol. The fraction of sp³-hybridized carbons (Fsp3) is 0.714. The average Bonchev–Trinajstić information content (AvgIpc) is 2.70. The summed E-state index contributed by atoms with van der Waals surface area (Å²) in [6.07, 6.45) is 8.12. The quantitative estimate of drug-likeness (QED) is 0.887. The predicted octanol–water partition coefficient (Wildman–Crippen LogP) is 2.14. The minimum atomic E-state index is 0.182. The van der Waals surface area contributed by atoms with Crippen LogP contribution in [0.4, 0.5) is 5.95 Å². The van der Waals surface area contributed by atoms with Crippen molar-refractivity contribution in [2.45, 2.75) is 58.0 Å². The molecule has 1 fully saturated rings. The van der Waals surface area contributed by atoms with Crippen molar-refractivity contribution in [3.63, 3.8) is 0 Å². The van der Waals surface area contributed by atoms with Crippen LogP contribution in [0, 0.1) is 0 Å². The lowest BCUT2D eigenvalue weighted by Gasteiger charge is -2.31. The number of aromatic nitrogens is 2. The fourth-order valence-electron chi connectivity index (χ4n) is 2.52. The van der Waals surface area contributed by atoms with E-state index in [0.717, 1.165) is 30.9 Å². The highest BCUT2D eigenvalue weighted by atomic mass is 15.3. The molecular formula is C14H24N4. The molecule has 1 atom stereocenters. The summed E-state index contributed by atoms with van der Waals surface area (Å²) < 4.78 is 0. The molecule has 18 heavy (non-hydrogen) atoms. The van der Waals surface area contributed by atoms with Gasteiger partial charge in [0.25, 0.3) is 0 Å². The summed E-state index contributed by atoms with van der Waals surface area (Å²) in [5.74, 6) is 0.853. The largest absolute Gasteiger partial charge is 0.336 e. The number of hydrogen-bond acceptors (Lipinski definition) is 4. The number of nitrogens with two attached hydrogens (primary N) is 1. The Balaban J connectivity index is 2.08. The zero-order chi connectivity index (χ0) is 13.2. The molecule has 0 radical (unpaired) electrons. The van der Waals surface area contributed by atoms with Crippen molar-refractivity contribution in [2.24, 2.45) is 5.73 Å². The third kappa shape index (κ3) is 2.80. The standard InChI is InChI=1S/C14H24N4/c1-4-12(15)8-11-9-16-13(17-10-11)18-7-5-6-14(18,2)3/h9-10,12H,4-8,15H2,1-3H3. The van der Waals surface area contributed by atoms with Gasteiger partial charge < -0.3 is 10.6 Å². The van der Waals surface area contributed by atoms with Crippen LogP contribution in [0.5, 0.6) is 0 Å². The molecule has 1 saturated heterocycles. The molecule has 1 aliphatic rings. The van der Waals surface area contributed by atoms with Gasteiger partial charge in [-0.3, -0.25) is 0 Å². The van der Waals surface area contributed by atoms with Gasteiger partial charge in [-0.2, -0.15) is 0 Å². The molecule has 0 bridgehead atoms. The van der Waals surface area contributed by atoms with Gasteiger partial charge in [0.05, 0.1) is 0 Å². The summed E-state index contributed by atoms with van der Waals surface area (Å²) in [7, 11) is 0. The first-order chi connectivity index (χ1) is 8.53. The Bertz CT molecular complexity index is 385. The summed E-state index contributed by atoms with van der Waals surface area (Å²) in [6, 6.07) is 0.211. The van der Waals surface area contributed by atoms with E-state index in [0.29, 0.717) is 0 Å². The zero-order valence-corrected chi connectivity index (χ0v) is 11.7. The summed E-state index contributed by atoms with van der Waals surface area (Å²) in [6.45, 7) is 7.67. The Hall–Kier alpha value is -1.16. The Kier molecular flexibility index (Phi) is 3.85. The minimum absolute atomic E-state index is 0.182. The Morgan fingerprint density at radius 2 is 2.06 bits per heavy atom. The van der Waals surface area contributed by atoms with Crippen LogP contribution in [0.3, 0.4) is 0 Å².